The van der Waals surface area contributed by atoms with Gasteiger partial charge in [0.1, 0.15) is 0 Å². The highest BCUT2D eigenvalue weighted by atomic mass is 32.2. The van der Waals surface area contributed by atoms with Crippen molar-refractivity contribution in [3.05, 3.63) is 0 Å². The van der Waals surface area contributed by atoms with Gasteiger partial charge in [-0.15, -0.1) is 0 Å². The van der Waals surface area contributed by atoms with E-state index in [9.17, 15) is 4.79 Å². The maximum Gasteiger partial charge on any atom is 0.153 e. The van der Waals surface area contributed by atoms with Crippen molar-refractivity contribution >= 4 is 17.5 Å². The first-order valence-corrected chi connectivity index (χ1v) is 7.81. The molecule has 2 rings (SSSR count). The molecule has 1 saturated heterocycles. The summed E-state index contributed by atoms with van der Waals surface area (Å²) < 4.78 is 0. The fraction of sp³-hybridized carbons (Fsp3) is 0.923. The van der Waals surface area contributed by atoms with Gasteiger partial charge in [0.25, 0.3) is 0 Å². The first-order chi connectivity index (χ1) is 7.81. The van der Waals surface area contributed by atoms with Crippen molar-refractivity contribution in [2.75, 3.05) is 18.1 Å². The summed E-state index contributed by atoms with van der Waals surface area (Å²) in [6.07, 6.45) is 6.13. The molecule has 2 fully saturated rings. The molecule has 0 aromatic rings. The van der Waals surface area contributed by atoms with Crippen LogP contribution in [0.1, 0.15) is 39.0 Å². The van der Waals surface area contributed by atoms with E-state index >= 15 is 0 Å². The quantitative estimate of drug-likeness (QED) is 0.823. The molecule has 0 aromatic carbocycles. The number of hydrogen-bond donors (Lipinski definition) is 1. The number of nitrogens with one attached hydrogen (secondary N) is 1. The molecular weight excluding hydrogens is 218 g/mol. The second-order valence-corrected chi connectivity index (χ2v) is 6.27. The second kappa shape index (κ2) is 6.06. The van der Waals surface area contributed by atoms with Crippen LogP contribution >= 0.6 is 11.8 Å². The molecule has 2 aliphatic rings. The first kappa shape index (κ1) is 12.4. The van der Waals surface area contributed by atoms with Gasteiger partial charge in [-0.1, -0.05) is 26.2 Å². The molecule has 0 aromatic heterocycles. The maximum atomic E-state index is 12.3. The molecule has 1 aliphatic carbocycles. The summed E-state index contributed by atoms with van der Waals surface area (Å²) in [5.41, 5.74) is 0. The fourth-order valence-corrected chi connectivity index (χ4v) is 3.90. The van der Waals surface area contributed by atoms with Crippen LogP contribution in [0.25, 0.3) is 0 Å². The summed E-state index contributed by atoms with van der Waals surface area (Å²) in [6, 6.07) is 0.152. The largest absolute Gasteiger partial charge is 0.306 e. The lowest BCUT2D eigenvalue weighted by molar-refractivity contribution is -0.125. The van der Waals surface area contributed by atoms with Crippen molar-refractivity contribution in [2.45, 2.75) is 45.1 Å². The lowest BCUT2D eigenvalue weighted by atomic mass is 9.77. The van der Waals surface area contributed by atoms with Crippen molar-refractivity contribution in [2.24, 2.45) is 11.8 Å². The summed E-state index contributed by atoms with van der Waals surface area (Å²) in [4.78, 5) is 12.3. The molecule has 0 bridgehead atoms. The Morgan fingerprint density at radius 1 is 1.44 bits per heavy atom. The van der Waals surface area contributed by atoms with Gasteiger partial charge < -0.3 is 5.32 Å². The average molecular weight is 241 g/mol. The number of Topliss-reactive ketones (excluding diaryl/α,β-unsaturated/α-hetero) is 1. The average Bonchev–Trinajstić information content (AvgIpc) is 2.39. The van der Waals surface area contributed by atoms with Crippen molar-refractivity contribution < 1.29 is 4.79 Å². The van der Waals surface area contributed by atoms with Gasteiger partial charge in [-0.2, -0.15) is 11.8 Å². The van der Waals surface area contributed by atoms with Crippen LogP contribution in [0.2, 0.25) is 0 Å². The molecule has 0 spiro atoms. The van der Waals surface area contributed by atoms with Gasteiger partial charge in [-0.05, 0) is 18.8 Å². The van der Waals surface area contributed by atoms with Gasteiger partial charge in [0, 0.05) is 24.0 Å². The van der Waals surface area contributed by atoms with Crippen LogP contribution < -0.4 is 5.32 Å². The van der Waals surface area contributed by atoms with E-state index in [-0.39, 0.29) is 6.04 Å². The third kappa shape index (κ3) is 3.01. The Bertz CT molecular complexity index is 238. The van der Waals surface area contributed by atoms with E-state index in [1.807, 2.05) is 11.8 Å². The number of rotatable bonds is 3. The normalized spacial score (nSPS) is 35.9. The maximum absolute atomic E-state index is 12.3. The van der Waals surface area contributed by atoms with Gasteiger partial charge in [0.2, 0.25) is 0 Å². The molecule has 16 heavy (non-hydrogen) atoms. The van der Waals surface area contributed by atoms with E-state index in [0.29, 0.717) is 11.7 Å². The molecule has 1 saturated carbocycles. The molecule has 1 N–H and O–H groups in total. The molecule has 2 nitrogen and oxygen atoms in total. The topological polar surface area (TPSA) is 29.1 Å². The molecule has 3 heteroatoms. The molecule has 0 radical (unpaired) electrons. The summed E-state index contributed by atoms with van der Waals surface area (Å²) in [5.74, 6) is 3.82. The highest BCUT2D eigenvalue weighted by molar-refractivity contribution is 7.99. The Balaban J connectivity index is 1.87. The smallest absolute Gasteiger partial charge is 0.153 e. The third-order valence-electron chi connectivity index (χ3n) is 4.03. The lowest BCUT2D eigenvalue weighted by Gasteiger charge is -2.31. The van der Waals surface area contributed by atoms with Gasteiger partial charge in [0.05, 0.1) is 6.04 Å². The van der Waals surface area contributed by atoms with E-state index in [0.717, 1.165) is 36.8 Å². The van der Waals surface area contributed by atoms with E-state index in [1.165, 1.54) is 19.3 Å². The minimum absolute atomic E-state index is 0.152. The van der Waals surface area contributed by atoms with Crippen LogP contribution in [0, 0.1) is 11.8 Å². The molecule has 92 valence electrons. The highest BCUT2D eigenvalue weighted by Gasteiger charge is 2.31. The summed E-state index contributed by atoms with van der Waals surface area (Å²) >= 11 is 1.92. The van der Waals surface area contributed by atoms with Gasteiger partial charge >= 0.3 is 0 Å². The summed E-state index contributed by atoms with van der Waals surface area (Å²) in [7, 11) is 0. The number of carbonyl (C=O) groups excluding carboxylic acids is 1. The Kier molecular flexibility index (Phi) is 4.71. The van der Waals surface area contributed by atoms with Gasteiger partial charge in [-0.3, -0.25) is 4.79 Å². The minimum Gasteiger partial charge on any atom is -0.306 e. The van der Waals surface area contributed by atoms with Crippen LogP contribution in [0.4, 0.5) is 0 Å². The van der Waals surface area contributed by atoms with Crippen molar-refractivity contribution in [1.29, 1.82) is 0 Å². The molecule has 3 atom stereocenters. The fourth-order valence-electron chi connectivity index (χ4n) is 2.95. The standard InChI is InChI=1S/C13H23NOS/c1-2-10-4-3-5-11(8-10)13(15)12-9-16-7-6-14-12/h10-12,14H,2-9H2,1H3. The molecule has 1 heterocycles. The van der Waals surface area contributed by atoms with Gasteiger partial charge in [0.15, 0.2) is 5.78 Å². The lowest BCUT2D eigenvalue weighted by Crippen LogP contribution is -2.46. The van der Waals surface area contributed by atoms with Crippen LogP contribution in [-0.2, 0) is 4.79 Å². The van der Waals surface area contributed by atoms with E-state index in [1.54, 1.807) is 0 Å². The van der Waals surface area contributed by atoms with Crippen molar-refractivity contribution in [3.63, 3.8) is 0 Å². The molecule has 0 amide bonds. The molecule has 1 aliphatic heterocycles. The predicted molar refractivity (Wildman–Crippen MR) is 69.9 cm³/mol. The van der Waals surface area contributed by atoms with Gasteiger partial charge in [-0.25, -0.2) is 0 Å². The zero-order valence-electron chi connectivity index (χ0n) is 10.2. The Morgan fingerprint density at radius 3 is 3.00 bits per heavy atom. The Labute approximate surface area is 103 Å². The summed E-state index contributed by atoms with van der Waals surface area (Å²) in [5, 5.41) is 3.38. The first-order valence-electron chi connectivity index (χ1n) is 6.66. The monoisotopic (exact) mass is 241 g/mol. The van der Waals surface area contributed by atoms with E-state index < -0.39 is 0 Å². The second-order valence-electron chi connectivity index (χ2n) is 5.12. The zero-order valence-corrected chi connectivity index (χ0v) is 11.0. The van der Waals surface area contributed by atoms with Crippen molar-refractivity contribution in [3.8, 4) is 0 Å². The molecular formula is C13H23NOS. The van der Waals surface area contributed by atoms with Crippen molar-refractivity contribution in [1.82, 2.24) is 5.32 Å². The summed E-state index contributed by atoms with van der Waals surface area (Å²) in [6.45, 7) is 3.26. The van der Waals surface area contributed by atoms with Crippen LogP contribution in [0.5, 0.6) is 0 Å². The third-order valence-corrected chi connectivity index (χ3v) is 5.09. The predicted octanol–water partition coefficient (Wildman–Crippen LogP) is 2.48. The Morgan fingerprint density at radius 2 is 2.31 bits per heavy atom. The minimum atomic E-state index is 0.152. The van der Waals surface area contributed by atoms with Crippen LogP contribution in [-0.4, -0.2) is 29.9 Å². The number of hydrogen-bond acceptors (Lipinski definition) is 3. The van der Waals surface area contributed by atoms with Crippen LogP contribution in [0.3, 0.4) is 0 Å². The number of thioether (sulfide) groups is 1. The SMILES string of the molecule is CCC1CCCC(C(=O)C2CSCCN2)C1. The Hall–Kier alpha value is -0.0200. The molecule has 3 unspecified atom stereocenters. The van der Waals surface area contributed by atoms with Crippen LogP contribution in [0.15, 0.2) is 0 Å². The van der Waals surface area contributed by atoms with E-state index in [2.05, 4.69) is 12.2 Å². The number of carbonyl (C=O) groups is 1. The zero-order chi connectivity index (χ0) is 11.4. The highest BCUT2D eigenvalue weighted by Crippen LogP contribution is 2.32. The van der Waals surface area contributed by atoms with E-state index in [4.69, 9.17) is 0 Å². The number of ketones is 1.